The third-order valence-corrected chi connectivity index (χ3v) is 3.36. The maximum Gasteiger partial charge on any atom is 0.0462 e. The second-order valence-corrected chi connectivity index (χ2v) is 5.56. The number of piperidine rings is 1. The van der Waals surface area contributed by atoms with Crippen molar-refractivity contribution in [1.29, 1.82) is 0 Å². The van der Waals surface area contributed by atoms with E-state index < -0.39 is 0 Å². The summed E-state index contributed by atoms with van der Waals surface area (Å²) in [4.78, 5) is 2.54. The van der Waals surface area contributed by atoms with Crippen LogP contribution in [0.25, 0.3) is 0 Å². The third-order valence-electron chi connectivity index (χ3n) is 3.36. The maximum absolute atomic E-state index is 6.14. The van der Waals surface area contributed by atoms with Gasteiger partial charge in [0.05, 0.1) is 0 Å². The van der Waals surface area contributed by atoms with Gasteiger partial charge in [-0.1, -0.05) is 13.8 Å². The molecule has 96 valence electrons. The SMILES string of the molecule is COCCCC(N)CN1CC(C)CC(C)C1. The van der Waals surface area contributed by atoms with Crippen LogP contribution in [0.4, 0.5) is 0 Å². The van der Waals surface area contributed by atoms with Gasteiger partial charge in [-0.05, 0) is 31.1 Å². The summed E-state index contributed by atoms with van der Waals surface area (Å²) in [5.41, 5.74) is 6.14. The van der Waals surface area contributed by atoms with Crippen LogP contribution >= 0.6 is 0 Å². The number of rotatable bonds is 6. The summed E-state index contributed by atoms with van der Waals surface area (Å²) in [6, 6.07) is 0.313. The fourth-order valence-electron chi connectivity index (χ4n) is 2.85. The van der Waals surface area contributed by atoms with Crippen molar-refractivity contribution in [2.75, 3.05) is 33.4 Å². The molecule has 3 atom stereocenters. The van der Waals surface area contributed by atoms with Gasteiger partial charge in [-0.3, -0.25) is 0 Å². The summed E-state index contributed by atoms with van der Waals surface area (Å²) in [6.07, 6.45) is 3.53. The standard InChI is InChI=1S/C13H28N2O/c1-11-7-12(2)9-15(8-11)10-13(14)5-4-6-16-3/h11-13H,4-10,14H2,1-3H3. The highest BCUT2D eigenvalue weighted by Gasteiger charge is 2.22. The molecule has 1 aliphatic heterocycles. The molecule has 1 aliphatic rings. The first-order chi connectivity index (χ1) is 7.61. The summed E-state index contributed by atoms with van der Waals surface area (Å²) >= 11 is 0. The van der Waals surface area contributed by atoms with Gasteiger partial charge in [0.25, 0.3) is 0 Å². The predicted octanol–water partition coefficient (Wildman–Crippen LogP) is 1.72. The topological polar surface area (TPSA) is 38.5 Å². The van der Waals surface area contributed by atoms with Gasteiger partial charge in [0.15, 0.2) is 0 Å². The minimum atomic E-state index is 0.313. The van der Waals surface area contributed by atoms with Crippen LogP contribution in [0.15, 0.2) is 0 Å². The molecule has 0 aromatic carbocycles. The van der Waals surface area contributed by atoms with Gasteiger partial charge < -0.3 is 15.4 Å². The number of hydrogen-bond donors (Lipinski definition) is 1. The summed E-state index contributed by atoms with van der Waals surface area (Å²) in [5, 5.41) is 0. The van der Waals surface area contributed by atoms with Gasteiger partial charge in [-0.2, -0.15) is 0 Å². The summed E-state index contributed by atoms with van der Waals surface area (Å²) in [5.74, 6) is 1.66. The Labute approximate surface area is 100 Å². The van der Waals surface area contributed by atoms with Crippen molar-refractivity contribution in [1.82, 2.24) is 4.90 Å². The minimum absolute atomic E-state index is 0.313. The van der Waals surface area contributed by atoms with E-state index in [4.69, 9.17) is 10.5 Å². The average Bonchev–Trinajstić information content (AvgIpc) is 2.16. The predicted molar refractivity (Wildman–Crippen MR) is 68.5 cm³/mol. The normalized spacial score (nSPS) is 29.2. The van der Waals surface area contributed by atoms with Crippen molar-refractivity contribution < 1.29 is 4.74 Å². The molecule has 0 amide bonds. The molecule has 3 unspecified atom stereocenters. The zero-order valence-corrected chi connectivity index (χ0v) is 11.1. The van der Waals surface area contributed by atoms with E-state index in [0.29, 0.717) is 6.04 Å². The van der Waals surface area contributed by atoms with Gasteiger partial charge in [0.1, 0.15) is 0 Å². The van der Waals surface area contributed by atoms with E-state index in [-0.39, 0.29) is 0 Å². The van der Waals surface area contributed by atoms with E-state index in [1.165, 1.54) is 19.5 Å². The summed E-state index contributed by atoms with van der Waals surface area (Å²) in [7, 11) is 1.75. The molecule has 16 heavy (non-hydrogen) atoms. The highest BCUT2D eigenvalue weighted by Crippen LogP contribution is 2.20. The molecular formula is C13H28N2O. The second kappa shape index (κ2) is 7.25. The molecule has 0 aliphatic carbocycles. The lowest BCUT2D eigenvalue weighted by Crippen LogP contribution is -2.45. The Hall–Kier alpha value is -0.120. The van der Waals surface area contributed by atoms with Crippen LogP contribution in [0.5, 0.6) is 0 Å². The molecule has 0 radical (unpaired) electrons. The first-order valence-electron chi connectivity index (χ1n) is 6.58. The van der Waals surface area contributed by atoms with Crippen LogP contribution in [0, 0.1) is 11.8 Å². The number of ether oxygens (including phenoxy) is 1. The Balaban J connectivity index is 2.19. The Morgan fingerprint density at radius 1 is 1.31 bits per heavy atom. The highest BCUT2D eigenvalue weighted by atomic mass is 16.5. The molecule has 1 fully saturated rings. The molecule has 1 saturated heterocycles. The van der Waals surface area contributed by atoms with E-state index in [1.807, 2.05) is 0 Å². The lowest BCUT2D eigenvalue weighted by molar-refractivity contribution is 0.129. The summed E-state index contributed by atoms with van der Waals surface area (Å²) in [6.45, 7) is 9.03. The molecule has 0 saturated carbocycles. The monoisotopic (exact) mass is 228 g/mol. The summed E-state index contributed by atoms with van der Waals surface area (Å²) < 4.78 is 5.05. The van der Waals surface area contributed by atoms with Gasteiger partial charge in [-0.25, -0.2) is 0 Å². The number of nitrogens with zero attached hydrogens (tertiary/aromatic N) is 1. The van der Waals surface area contributed by atoms with Crippen molar-refractivity contribution in [2.24, 2.45) is 17.6 Å². The van der Waals surface area contributed by atoms with Gasteiger partial charge in [0.2, 0.25) is 0 Å². The lowest BCUT2D eigenvalue weighted by atomic mass is 9.91. The molecular weight excluding hydrogens is 200 g/mol. The van der Waals surface area contributed by atoms with Crippen molar-refractivity contribution in [3.63, 3.8) is 0 Å². The molecule has 0 bridgehead atoms. The van der Waals surface area contributed by atoms with Crippen molar-refractivity contribution in [3.8, 4) is 0 Å². The zero-order valence-electron chi connectivity index (χ0n) is 11.1. The molecule has 3 heteroatoms. The first kappa shape index (κ1) is 13.9. The van der Waals surface area contributed by atoms with Crippen LogP contribution in [0.3, 0.4) is 0 Å². The average molecular weight is 228 g/mol. The molecule has 0 spiro atoms. The molecule has 1 heterocycles. The largest absolute Gasteiger partial charge is 0.385 e. The van der Waals surface area contributed by atoms with Crippen LogP contribution in [0.1, 0.15) is 33.1 Å². The van der Waals surface area contributed by atoms with Gasteiger partial charge in [-0.15, -0.1) is 0 Å². The fourth-order valence-corrected chi connectivity index (χ4v) is 2.85. The first-order valence-corrected chi connectivity index (χ1v) is 6.58. The zero-order chi connectivity index (χ0) is 12.0. The number of likely N-dealkylation sites (tertiary alicyclic amines) is 1. The van der Waals surface area contributed by atoms with E-state index in [9.17, 15) is 0 Å². The Bertz CT molecular complexity index is 177. The Kier molecular flexibility index (Phi) is 6.32. The lowest BCUT2D eigenvalue weighted by Gasteiger charge is -2.36. The maximum atomic E-state index is 6.14. The smallest absolute Gasteiger partial charge is 0.0462 e. The molecule has 1 rings (SSSR count). The number of hydrogen-bond acceptors (Lipinski definition) is 3. The Morgan fingerprint density at radius 2 is 1.94 bits per heavy atom. The fraction of sp³-hybridized carbons (Fsp3) is 1.00. The van der Waals surface area contributed by atoms with Crippen LogP contribution in [-0.4, -0.2) is 44.3 Å². The van der Waals surface area contributed by atoms with E-state index in [0.717, 1.165) is 37.8 Å². The van der Waals surface area contributed by atoms with E-state index >= 15 is 0 Å². The molecule has 2 N–H and O–H groups in total. The van der Waals surface area contributed by atoms with E-state index in [1.54, 1.807) is 7.11 Å². The van der Waals surface area contributed by atoms with Crippen molar-refractivity contribution in [2.45, 2.75) is 39.2 Å². The number of methoxy groups -OCH3 is 1. The second-order valence-electron chi connectivity index (χ2n) is 5.56. The molecule has 3 nitrogen and oxygen atoms in total. The minimum Gasteiger partial charge on any atom is -0.385 e. The third kappa shape index (κ3) is 5.28. The van der Waals surface area contributed by atoms with Crippen molar-refractivity contribution >= 4 is 0 Å². The van der Waals surface area contributed by atoms with Gasteiger partial charge >= 0.3 is 0 Å². The molecule has 0 aromatic heterocycles. The highest BCUT2D eigenvalue weighted by molar-refractivity contribution is 4.77. The van der Waals surface area contributed by atoms with E-state index in [2.05, 4.69) is 18.7 Å². The number of nitrogens with two attached hydrogens (primary N) is 1. The van der Waals surface area contributed by atoms with Crippen LogP contribution < -0.4 is 5.73 Å². The van der Waals surface area contributed by atoms with Gasteiger partial charge in [0, 0.05) is 39.4 Å². The van der Waals surface area contributed by atoms with Crippen molar-refractivity contribution in [3.05, 3.63) is 0 Å². The molecule has 0 aromatic rings. The van der Waals surface area contributed by atoms with Crippen LogP contribution in [-0.2, 0) is 4.74 Å². The van der Waals surface area contributed by atoms with Crippen LogP contribution in [0.2, 0.25) is 0 Å². The Morgan fingerprint density at radius 3 is 2.50 bits per heavy atom. The quantitative estimate of drug-likeness (QED) is 0.704.